The predicted octanol–water partition coefficient (Wildman–Crippen LogP) is 3.53. The first kappa shape index (κ1) is 20.1. The third-order valence-corrected chi connectivity index (χ3v) is 5.37. The maximum Gasteiger partial charge on any atom is 0.220 e. The lowest BCUT2D eigenvalue weighted by Gasteiger charge is -2.33. The van der Waals surface area contributed by atoms with Crippen molar-refractivity contribution in [3.8, 4) is 0 Å². The van der Waals surface area contributed by atoms with E-state index in [0.717, 1.165) is 44.1 Å². The molecule has 2 heterocycles. The van der Waals surface area contributed by atoms with Gasteiger partial charge in [0.25, 0.3) is 0 Å². The number of carbonyl (C=O) groups is 1. The number of nitrogens with zero attached hydrogens (tertiary/aromatic N) is 3. The standard InChI is InChI=1S/C22H31N5O/c1-3-23-20-13-21(26-16-25-20)27-12-6-8-18(15-27)10-11-22(28)24-14-19-9-5-4-7-17(19)2/h4-5,7,9,13,16,18H,3,6,8,10-12,14-15H2,1-2H3,(H,24,28)(H,23,25,26)/t18-/m1/s1. The third kappa shape index (κ3) is 5.68. The van der Waals surface area contributed by atoms with Gasteiger partial charge in [0, 0.05) is 38.7 Å². The first-order valence-electron chi connectivity index (χ1n) is 10.3. The van der Waals surface area contributed by atoms with Crippen LogP contribution in [0.15, 0.2) is 36.7 Å². The Balaban J connectivity index is 1.46. The van der Waals surface area contributed by atoms with Crippen molar-refractivity contribution in [1.29, 1.82) is 0 Å². The molecule has 1 aliphatic rings. The summed E-state index contributed by atoms with van der Waals surface area (Å²) in [6.45, 7) is 7.55. The molecule has 28 heavy (non-hydrogen) atoms. The van der Waals surface area contributed by atoms with Crippen LogP contribution in [0.2, 0.25) is 0 Å². The molecule has 6 heteroatoms. The highest BCUT2D eigenvalue weighted by atomic mass is 16.1. The molecule has 0 radical (unpaired) electrons. The monoisotopic (exact) mass is 381 g/mol. The lowest BCUT2D eigenvalue weighted by atomic mass is 9.93. The minimum Gasteiger partial charge on any atom is -0.370 e. The summed E-state index contributed by atoms with van der Waals surface area (Å²) in [5, 5.41) is 6.30. The van der Waals surface area contributed by atoms with Crippen LogP contribution in [0.1, 0.15) is 43.7 Å². The van der Waals surface area contributed by atoms with Gasteiger partial charge in [0.15, 0.2) is 0 Å². The summed E-state index contributed by atoms with van der Waals surface area (Å²) in [4.78, 5) is 23.3. The van der Waals surface area contributed by atoms with Crippen LogP contribution in [-0.2, 0) is 11.3 Å². The van der Waals surface area contributed by atoms with Gasteiger partial charge in [0.2, 0.25) is 5.91 Å². The molecule has 150 valence electrons. The summed E-state index contributed by atoms with van der Waals surface area (Å²) < 4.78 is 0. The zero-order chi connectivity index (χ0) is 19.8. The van der Waals surface area contributed by atoms with Crippen LogP contribution in [0.4, 0.5) is 11.6 Å². The van der Waals surface area contributed by atoms with E-state index in [4.69, 9.17) is 0 Å². The normalized spacial score (nSPS) is 16.6. The highest BCUT2D eigenvalue weighted by molar-refractivity contribution is 5.75. The van der Waals surface area contributed by atoms with Crippen LogP contribution in [0, 0.1) is 12.8 Å². The number of carbonyl (C=O) groups excluding carboxylic acids is 1. The number of aryl methyl sites for hydroxylation is 1. The molecule has 3 rings (SSSR count). The van der Waals surface area contributed by atoms with Crippen LogP contribution in [0.25, 0.3) is 0 Å². The van der Waals surface area contributed by atoms with E-state index in [-0.39, 0.29) is 5.91 Å². The zero-order valence-electron chi connectivity index (χ0n) is 16.9. The minimum absolute atomic E-state index is 0.136. The predicted molar refractivity (Wildman–Crippen MR) is 113 cm³/mol. The van der Waals surface area contributed by atoms with E-state index in [9.17, 15) is 4.79 Å². The van der Waals surface area contributed by atoms with E-state index in [1.807, 2.05) is 18.2 Å². The second-order valence-corrected chi connectivity index (χ2v) is 7.49. The van der Waals surface area contributed by atoms with Gasteiger partial charge < -0.3 is 15.5 Å². The highest BCUT2D eigenvalue weighted by Gasteiger charge is 2.22. The fourth-order valence-electron chi connectivity index (χ4n) is 3.73. The van der Waals surface area contributed by atoms with Gasteiger partial charge in [-0.3, -0.25) is 4.79 Å². The Hall–Kier alpha value is -2.63. The molecule has 2 aromatic rings. The van der Waals surface area contributed by atoms with Gasteiger partial charge in [0.1, 0.15) is 18.0 Å². The molecule has 1 aromatic heterocycles. The maximum absolute atomic E-state index is 12.3. The summed E-state index contributed by atoms with van der Waals surface area (Å²) in [5.74, 6) is 2.50. The largest absolute Gasteiger partial charge is 0.370 e. The summed E-state index contributed by atoms with van der Waals surface area (Å²) >= 11 is 0. The van der Waals surface area contributed by atoms with Crippen LogP contribution >= 0.6 is 0 Å². The van der Waals surface area contributed by atoms with E-state index in [1.165, 1.54) is 17.5 Å². The van der Waals surface area contributed by atoms with Crippen LogP contribution in [0.5, 0.6) is 0 Å². The van der Waals surface area contributed by atoms with Gasteiger partial charge in [-0.25, -0.2) is 9.97 Å². The van der Waals surface area contributed by atoms with E-state index in [0.29, 0.717) is 18.9 Å². The highest BCUT2D eigenvalue weighted by Crippen LogP contribution is 2.25. The Labute approximate surface area is 167 Å². The molecule has 1 atom stereocenters. The molecule has 1 aromatic carbocycles. The fourth-order valence-corrected chi connectivity index (χ4v) is 3.73. The van der Waals surface area contributed by atoms with Gasteiger partial charge in [-0.05, 0) is 50.2 Å². The van der Waals surface area contributed by atoms with Crippen molar-refractivity contribution in [3.63, 3.8) is 0 Å². The first-order chi connectivity index (χ1) is 13.7. The van der Waals surface area contributed by atoms with Crippen molar-refractivity contribution in [2.45, 2.75) is 46.1 Å². The summed E-state index contributed by atoms with van der Waals surface area (Å²) in [7, 11) is 0. The maximum atomic E-state index is 12.3. The number of rotatable bonds is 8. The number of benzene rings is 1. The number of hydrogen-bond acceptors (Lipinski definition) is 5. The molecule has 0 unspecified atom stereocenters. The SMILES string of the molecule is CCNc1cc(N2CCC[C@H](CCC(=O)NCc3ccccc3C)C2)ncn1. The average molecular weight is 382 g/mol. The molecular weight excluding hydrogens is 350 g/mol. The van der Waals surface area contributed by atoms with Gasteiger partial charge in [-0.15, -0.1) is 0 Å². The molecule has 1 saturated heterocycles. The summed E-state index contributed by atoms with van der Waals surface area (Å²) in [6, 6.07) is 10.2. The molecule has 0 saturated carbocycles. The Morgan fingerprint density at radius 1 is 1.29 bits per heavy atom. The molecule has 1 fully saturated rings. The summed E-state index contributed by atoms with van der Waals surface area (Å²) in [5.41, 5.74) is 2.40. The lowest BCUT2D eigenvalue weighted by Crippen LogP contribution is -2.36. The molecule has 6 nitrogen and oxygen atoms in total. The smallest absolute Gasteiger partial charge is 0.220 e. The van der Waals surface area contributed by atoms with Gasteiger partial charge in [-0.2, -0.15) is 0 Å². The van der Waals surface area contributed by atoms with Crippen molar-refractivity contribution in [3.05, 3.63) is 47.8 Å². The molecule has 0 spiro atoms. The number of nitrogens with one attached hydrogen (secondary N) is 2. The van der Waals surface area contributed by atoms with Gasteiger partial charge in [0.05, 0.1) is 0 Å². The second-order valence-electron chi connectivity index (χ2n) is 7.49. The zero-order valence-corrected chi connectivity index (χ0v) is 16.9. The Bertz CT molecular complexity index is 779. The average Bonchev–Trinajstić information content (AvgIpc) is 2.72. The fraction of sp³-hybridized carbons (Fsp3) is 0.500. The molecular formula is C22H31N5O. The summed E-state index contributed by atoms with van der Waals surface area (Å²) in [6.07, 6.45) is 5.43. The van der Waals surface area contributed by atoms with E-state index in [1.54, 1.807) is 6.33 Å². The number of anilines is 2. The van der Waals surface area contributed by atoms with Crippen LogP contribution < -0.4 is 15.5 Å². The topological polar surface area (TPSA) is 70.2 Å². The Kier molecular flexibility index (Phi) is 7.23. The van der Waals surface area contributed by atoms with Crippen molar-refractivity contribution >= 4 is 17.5 Å². The van der Waals surface area contributed by atoms with Crippen molar-refractivity contribution < 1.29 is 4.79 Å². The van der Waals surface area contributed by atoms with Gasteiger partial charge in [-0.1, -0.05) is 24.3 Å². The molecule has 1 amide bonds. The number of hydrogen-bond donors (Lipinski definition) is 2. The molecule has 2 N–H and O–H groups in total. The third-order valence-electron chi connectivity index (χ3n) is 5.37. The first-order valence-corrected chi connectivity index (χ1v) is 10.3. The number of aromatic nitrogens is 2. The molecule has 0 aliphatic carbocycles. The van der Waals surface area contributed by atoms with Crippen molar-refractivity contribution in [2.75, 3.05) is 29.9 Å². The van der Waals surface area contributed by atoms with E-state index < -0.39 is 0 Å². The van der Waals surface area contributed by atoms with Gasteiger partial charge >= 0.3 is 0 Å². The van der Waals surface area contributed by atoms with Crippen LogP contribution in [0.3, 0.4) is 0 Å². The van der Waals surface area contributed by atoms with E-state index >= 15 is 0 Å². The Morgan fingerprint density at radius 3 is 2.96 bits per heavy atom. The van der Waals surface area contributed by atoms with Crippen molar-refractivity contribution in [1.82, 2.24) is 15.3 Å². The number of amides is 1. The van der Waals surface area contributed by atoms with E-state index in [2.05, 4.69) is 51.5 Å². The second kappa shape index (κ2) is 10.1. The quantitative estimate of drug-likeness (QED) is 0.732. The minimum atomic E-state index is 0.136. The number of piperidine rings is 1. The molecule has 0 bridgehead atoms. The van der Waals surface area contributed by atoms with Crippen molar-refractivity contribution in [2.24, 2.45) is 5.92 Å². The van der Waals surface area contributed by atoms with Crippen LogP contribution in [-0.4, -0.2) is 35.5 Å². The Morgan fingerprint density at radius 2 is 2.14 bits per heavy atom. The lowest BCUT2D eigenvalue weighted by molar-refractivity contribution is -0.121. The molecule has 1 aliphatic heterocycles.